The number of nitrogens with zero attached hydrogens (tertiary/aromatic N) is 2. The molecule has 1 N–H and O–H groups in total. The molecule has 0 aliphatic carbocycles. The summed E-state index contributed by atoms with van der Waals surface area (Å²) in [5, 5.41) is 18.4. The number of likely N-dealkylation sites (tertiary alicyclic amines) is 1. The minimum Gasteiger partial charge on any atom is -0.490 e. The smallest absolute Gasteiger partial charge is 0.309 e. The third-order valence-electron chi connectivity index (χ3n) is 5.26. The molecule has 158 valence electrons. The normalized spacial score (nSPS) is 14.3. The van der Waals surface area contributed by atoms with Gasteiger partial charge < -0.3 is 14.6 Å². The number of benzene rings is 2. The lowest BCUT2D eigenvalue weighted by Gasteiger charge is -2.37. The summed E-state index contributed by atoms with van der Waals surface area (Å²) in [6.07, 6.45) is 0.00890. The van der Waals surface area contributed by atoms with Gasteiger partial charge in [0.05, 0.1) is 17.6 Å². The van der Waals surface area contributed by atoms with Gasteiger partial charge in [-0.3, -0.25) is 9.69 Å². The van der Waals surface area contributed by atoms with Gasteiger partial charge in [0.1, 0.15) is 24.2 Å². The second-order valence-corrected chi connectivity index (χ2v) is 8.17. The molecule has 30 heavy (non-hydrogen) atoms. The van der Waals surface area contributed by atoms with Crippen molar-refractivity contribution in [3.63, 3.8) is 0 Å². The maximum atomic E-state index is 11.0. The summed E-state index contributed by atoms with van der Waals surface area (Å²) in [5.74, 6) is 0.434. The minimum atomic E-state index is -0.716. The molecule has 0 unspecified atom stereocenters. The lowest BCUT2D eigenvalue weighted by atomic mass is 9.97. The summed E-state index contributed by atoms with van der Waals surface area (Å²) in [6, 6.07) is 11.9. The number of carbonyl (C=O) groups is 1. The Hall–Kier alpha value is -3.04. The van der Waals surface area contributed by atoms with Crippen molar-refractivity contribution in [2.75, 3.05) is 13.1 Å². The molecular weight excluding hydrogens is 380 g/mol. The Kier molecular flexibility index (Phi) is 6.63. The van der Waals surface area contributed by atoms with Crippen molar-refractivity contribution >= 4 is 5.97 Å². The second-order valence-electron chi connectivity index (χ2n) is 8.17. The van der Waals surface area contributed by atoms with E-state index in [1.54, 1.807) is 6.07 Å². The van der Waals surface area contributed by atoms with Crippen LogP contribution in [0.15, 0.2) is 30.3 Å². The van der Waals surface area contributed by atoms with Gasteiger partial charge in [-0.05, 0) is 68.1 Å². The van der Waals surface area contributed by atoms with Crippen molar-refractivity contribution < 1.29 is 19.4 Å². The van der Waals surface area contributed by atoms with Crippen molar-refractivity contribution in [3.05, 3.63) is 58.1 Å². The predicted molar refractivity (Wildman–Crippen MR) is 114 cm³/mol. The van der Waals surface area contributed by atoms with Gasteiger partial charge in [-0.25, -0.2) is 0 Å². The number of hydrogen-bond donors (Lipinski definition) is 1. The maximum Gasteiger partial charge on any atom is 0.309 e. The Morgan fingerprint density at radius 1 is 1.20 bits per heavy atom. The number of nitriles is 1. The molecule has 0 radical (unpaired) electrons. The molecule has 0 saturated carbocycles. The fourth-order valence-corrected chi connectivity index (χ4v) is 3.54. The molecule has 0 aromatic heterocycles. The van der Waals surface area contributed by atoms with Gasteiger partial charge in [-0.15, -0.1) is 0 Å². The summed E-state index contributed by atoms with van der Waals surface area (Å²) >= 11 is 0. The van der Waals surface area contributed by atoms with Gasteiger partial charge in [-0.1, -0.05) is 12.1 Å². The van der Waals surface area contributed by atoms with Crippen molar-refractivity contribution in [1.82, 2.24) is 4.90 Å². The molecule has 1 aliphatic heterocycles. The van der Waals surface area contributed by atoms with Crippen LogP contribution in [0.5, 0.6) is 11.5 Å². The molecule has 2 aromatic rings. The van der Waals surface area contributed by atoms with E-state index >= 15 is 0 Å². The molecule has 2 aromatic carbocycles. The number of ether oxygens (including phenoxy) is 2. The van der Waals surface area contributed by atoms with Crippen LogP contribution in [-0.4, -0.2) is 35.2 Å². The summed E-state index contributed by atoms with van der Waals surface area (Å²) in [4.78, 5) is 13.1. The fraction of sp³-hybridized carbons (Fsp3) is 0.417. The van der Waals surface area contributed by atoms with Gasteiger partial charge in [0.15, 0.2) is 0 Å². The van der Waals surface area contributed by atoms with E-state index in [1.807, 2.05) is 45.9 Å². The van der Waals surface area contributed by atoms with Gasteiger partial charge >= 0.3 is 5.97 Å². The van der Waals surface area contributed by atoms with E-state index in [0.29, 0.717) is 31.0 Å². The average molecular weight is 408 g/mol. The lowest BCUT2D eigenvalue weighted by Crippen LogP contribution is -2.49. The monoisotopic (exact) mass is 408 g/mol. The maximum absolute atomic E-state index is 11.0. The fourth-order valence-electron chi connectivity index (χ4n) is 3.54. The first-order valence-electron chi connectivity index (χ1n) is 10.1. The molecule has 3 rings (SSSR count). The number of aliphatic carboxylic acids is 1. The highest BCUT2D eigenvalue weighted by Gasteiger charge is 2.32. The van der Waals surface area contributed by atoms with Crippen LogP contribution in [0.3, 0.4) is 0 Å². The van der Waals surface area contributed by atoms with E-state index in [2.05, 4.69) is 17.0 Å². The van der Waals surface area contributed by atoms with E-state index in [9.17, 15) is 10.1 Å². The average Bonchev–Trinajstić information content (AvgIpc) is 2.65. The van der Waals surface area contributed by atoms with E-state index in [0.717, 1.165) is 29.0 Å². The second kappa shape index (κ2) is 9.19. The third kappa shape index (κ3) is 5.11. The van der Waals surface area contributed by atoms with Crippen LogP contribution in [0.25, 0.3) is 0 Å². The largest absolute Gasteiger partial charge is 0.490 e. The SMILES string of the molecule is Cc1cc(OCc2ccc(OC(C)C)c(C#N)c2)c(C)cc1CN1CC(C(=O)O)C1. The first kappa shape index (κ1) is 21.7. The molecule has 1 fully saturated rings. The zero-order chi connectivity index (χ0) is 21.8. The van der Waals surface area contributed by atoms with Gasteiger partial charge in [0, 0.05) is 19.6 Å². The van der Waals surface area contributed by atoms with Crippen molar-refractivity contribution in [3.8, 4) is 17.6 Å². The van der Waals surface area contributed by atoms with E-state index < -0.39 is 5.97 Å². The first-order valence-corrected chi connectivity index (χ1v) is 10.1. The topological polar surface area (TPSA) is 82.8 Å². The molecule has 1 aliphatic rings. The van der Waals surface area contributed by atoms with Crippen LogP contribution >= 0.6 is 0 Å². The van der Waals surface area contributed by atoms with Crippen LogP contribution in [-0.2, 0) is 17.9 Å². The lowest BCUT2D eigenvalue weighted by molar-refractivity contribution is -0.147. The Bertz CT molecular complexity index is 972. The quantitative estimate of drug-likeness (QED) is 0.709. The van der Waals surface area contributed by atoms with Crippen LogP contribution < -0.4 is 9.47 Å². The summed E-state index contributed by atoms with van der Waals surface area (Å²) < 4.78 is 11.7. The number of carboxylic acid groups (broad SMARTS) is 1. The zero-order valence-electron chi connectivity index (χ0n) is 17.9. The minimum absolute atomic E-state index is 0.00890. The van der Waals surface area contributed by atoms with Crippen LogP contribution in [0.1, 0.15) is 41.7 Å². The molecule has 0 spiro atoms. The van der Waals surface area contributed by atoms with E-state index in [-0.39, 0.29) is 12.0 Å². The molecule has 0 amide bonds. The molecule has 1 saturated heterocycles. The first-order chi connectivity index (χ1) is 14.3. The standard InChI is InChI=1S/C24H28N2O4/c1-15(2)30-22-6-5-18(9-19(22)10-25)14-29-23-8-16(3)20(7-17(23)4)11-26-12-21(13-26)24(27)28/h5-9,15,21H,11-14H2,1-4H3,(H,27,28). The van der Waals surface area contributed by atoms with Crippen molar-refractivity contribution in [2.24, 2.45) is 5.92 Å². The summed E-state index contributed by atoms with van der Waals surface area (Å²) in [6.45, 7) is 10.2. The highest BCUT2D eigenvalue weighted by molar-refractivity contribution is 5.71. The van der Waals surface area contributed by atoms with Gasteiger partial charge in [0.25, 0.3) is 0 Å². The van der Waals surface area contributed by atoms with Crippen LogP contribution in [0.2, 0.25) is 0 Å². The molecule has 1 heterocycles. The van der Waals surface area contributed by atoms with Crippen LogP contribution in [0, 0.1) is 31.1 Å². The summed E-state index contributed by atoms with van der Waals surface area (Å²) in [7, 11) is 0. The predicted octanol–water partition coefficient (Wildman–Crippen LogP) is 4.06. The van der Waals surface area contributed by atoms with E-state index in [4.69, 9.17) is 14.6 Å². The van der Waals surface area contributed by atoms with Crippen LogP contribution in [0.4, 0.5) is 0 Å². The van der Waals surface area contributed by atoms with E-state index in [1.165, 1.54) is 5.56 Å². The number of hydrogen-bond acceptors (Lipinski definition) is 5. The van der Waals surface area contributed by atoms with Gasteiger partial charge in [-0.2, -0.15) is 5.26 Å². The Morgan fingerprint density at radius 3 is 2.57 bits per heavy atom. The molecule has 0 bridgehead atoms. The zero-order valence-corrected chi connectivity index (χ0v) is 17.9. The molecule has 0 atom stereocenters. The molecular formula is C24H28N2O4. The third-order valence-corrected chi connectivity index (χ3v) is 5.26. The number of aryl methyl sites for hydroxylation is 2. The number of rotatable bonds is 8. The van der Waals surface area contributed by atoms with Gasteiger partial charge in [0.2, 0.25) is 0 Å². The Labute approximate surface area is 177 Å². The molecule has 6 heteroatoms. The highest BCUT2D eigenvalue weighted by Crippen LogP contribution is 2.28. The Morgan fingerprint density at radius 2 is 1.93 bits per heavy atom. The molecule has 6 nitrogen and oxygen atoms in total. The van der Waals surface area contributed by atoms with Crippen molar-refractivity contribution in [1.29, 1.82) is 5.26 Å². The highest BCUT2D eigenvalue weighted by atomic mass is 16.5. The Balaban J connectivity index is 1.64. The van der Waals surface area contributed by atoms with Crippen molar-refractivity contribution in [2.45, 2.75) is 47.0 Å². The number of carboxylic acids is 1. The summed E-state index contributed by atoms with van der Waals surface area (Å²) in [5.41, 5.74) is 4.75.